The van der Waals surface area contributed by atoms with Gasteiger partial charge in [-0.3, -0.25) is 4.79 Å². The summed E-state index contributed by atoms with van der Waals surface area (Å²) in [5.41, 5.74) is -0.352. The van der Waals surface area contributed by atoms with Gasteiger partial charge in [-0.1, -0.05) is 0 Å². The van der Waals surface area contributed by atoms with Crippen LogP contribution in [0.3, 0.4) is 0 Å². The molecule has 0 saturated heterocycles. The first-order valence-electron chi connectivity index (χ1n) is 4.53. The molecular formula is C9H12N2O3. The van der Waals surface area contributed by atoms with E-state index < -0.39 is 0 Å². The minimum absolute atomic E-state index is 0.199. The Hall–Kier alpha value is -1.36. The second-order valence-corrected chi connectivity index (χ2v) is 3.48. The summed E-state index contributed by atoms with van der Waals surface area (Å²) in [5.74, 6) is 0.580. The SMILES string of the molecule is COC(c1nc(O)cc(=O)[nH]1)C1CC1. The number of hydrogen-bond acceptors (Lipinski definition) is 4. The van der Waals surface area contributed by atoms with Crippen molar-refractivity contribution in [2.45, 2.75) is 18.9 Å². The Morgan fingerprint density at radius 2 is 2.43 bits per heavy atom. The molecular weight excluding hydrogens is 184 g/mol. The van der Waals surface area contributed by atoms with E-state index in [-0.39, 0.29) is 17.5 Å². The zero-order valence-corrected chi connectivity index (χ0v) is 7.86. The highest BCUT2D eigenvalue weighted by atomic mass is 16.5. The molecule has 2 N–H and O–H groups in total. The van der Waals surface area contributed by atoms with Crippen LogP contribution in [0.15, 0.2) is 10.9 Å². The number of aromatic hydroxyl groups is 1. The van der Waals surface area contributed by atoms with E-state index in [9.17, 15) is 4.79 Å². The lowest BCUT2D eigenvalue weighted by atomic mass is 10.2. The van der Waals surface area contributed by atoms with Gasteiger partial charge in [0.25, 0.3) is 5.56 Å². The Kier molecular flexibility index (Phi) is 2.25. The highest BCUT2D eigenvalue weighted by molar-refractivity contribution is 5.09. The molecule has 1 atom stereocenters. The summed E-state index contributed by atoms with van der Waals surface area (Å²) in [7, 11) is 1.58. The van der Waals surface area contributed by atoms with Gasteiger partial charge in [0.05, 0.1) is 6.07 Å². The van der Waals surface area contributed by atoms with Gasteiger partial charge in [-0.25, -0.2) is 0 Å². The fourth-order valence-corrected chi connectivity index (χ4v) is 1.52. The maximum Gasteiger partial charge on any atom is 0.254 e. The van der Waals surface area contributed by atoms with Gasteiger partial charge < -0.3 is 14.8 Å². The van der Waals surface area contributed by atoms with E-state index in [0.717, 1.165) is 18.9 Å². The number of hydrogen-bond donors (Lipinski definition) is 2. The van der Waals surface area contributed by atoms with Crippen molar-refractivity contribution >= 4 is 0 Å². The van der Waals surface area contributed by atoms with Gasteiger partial charge in [0.1, 0.15) is 11.9 Å². The first kappa shape index (κ1) is 9.21. The maximum absolute atomic E-state index is 11.1. The van der Waals surface area contributed by atoms with Gasteiger partial charge in [0.2, 0.25) is 5.88 Å². The molecule has 0 spiro atoms. The van der Waals surface area contributed by atoms with Gasteiger partial charge >= 0.3 is 0 Å². The van der Waals surface area contributed by atoms with Crippen LogP contribution >= 0.6 is 0 Å². The Morgan fingerprint density at radius 3 is 2.93 bits per heavy atom. The minimum atomic E-state index is -0.352. The summed E-state index contributed by atoms with van der Waals surface area (Å²) < 4.78 is 5.23. The van der Waals surface area contributed by atoms with E-state index >= 15 is 0 Å². The third-order valence-electron chi connectivity index (χ3n) is 2.32. The highest BCUT2D eigenvalue weighted by Crippen LogP contribution is 2.41. The summed E-state index contributed by atoms with van der Waals surface area (Å²) in [6.07, 6.45) is 1.96. The van der Waals surface area contributed by atoms with Crippen LogP contribution < -0.4 is 5.56 Å². The molecule has 1 aromatic rings. The molecule has 14 heavy (non-hydrogen) atoms. The molecule has 0 aliphatic heterocycles. The van der Waals surface area contributed by atoms with E-state index in [1.54, 1.807) is 7.11 Å². The number of ether oxygens (including phenoxy) is 1. The van der Waals surface area contributed by atoms with Crippen molar-refractivity contribution in [3.8, 4) is 5.88 Å². The molecule has 76 valence electrons. The summed E-state index contributed by atoms with van der Waals surface area (Å²) in [6.45, 7) is 0. The van der Waals surface area contributed by atoms with Crippen molar-refractivity contribution in [3.05, 3.63) is 22.2 Å². The summed E-state index contributed by atoms with van der Waals surface area (Å²) >= 11 is 0. The summed E-state index contributed by atoms with van der Waals surface area (Å²) in [6, 6.07) is 1.04. The average molecular weight is 196 g/mol. The van der Waals surface area contributed by atoms with E-state index in [0.29, 0.717) is 11.7 Å². The van der Waals surface area contributed by atoms with Crippen LogP contribution in [0.2, 0.25) is 0 Å². The zero-order valence-electron chi connectivity index (χ0n) is 7.86. The lowest BCUT2D eigenvalue weighted by Crippen LogP contribution is -2.15. The molecule has 2 rings (SSSR count). The number of nitrogens with zero attached hydrogens (tertiary/aromatic N) is 1. The summed E-state index contributed by atoms with van der Waals surface area (Å²) in [4.78, 5) is 17.5. The lowest BCUT2D eigenvalue weighted by molar-refractivity contribution is 0.0764. The quantitative estimate of drug-likeness (QED) is 0.741. The average Bonchev–Trinajstić information content (AvgIpc) is 2.87. The number of nitrogens with one attached hydrogen (secondary N) is 1. The van der Waals surface area contributed by atoms with Crippen LogP contribution in [-0.4, -0.2) is 22.2 Å². The molecule has 0 aromatic carbocycles. The first-order valence-corrected chi connectivity index (χ1v) is 4.53. The number of rotatable bonds is 3. The van der Waals surface area contributed by atoms with E-state index in [4.69, 9.17) is 9.84 Å². The van der Waals surface area contributed by atoms with Crippen LogP contribution in [0, 0.1) is 5.92 Å². The molecule has 0 amide bonds. The van der Waals surface area contributed by atoms with E-state index in [1.807, 2.05) is 0 Å². The van der Waals surface area contributed by atoms with Gasteiger partial charge in [-0.15, -0.1) is 0 Å². The van der Waals surface area contributed by atoms with Crippen LogP contribution in [-0.2, 0) is 4.74 Å². The fraction of sp³-hybridized carbons (Fsp3) is 0.556. The van der Waals surface area contributed by atoms with Crippen molar-refractivity contribution in [2.24, 2.45) is 5.92 Å². The van der Waals surface area contributed by atoms with Crippen LogP contribution in [0.1, 0.15) is 24.8 Å². The standard InChI is InChI=1S/C9H12N2O3/c1-14-8(5-2-3-5)9-10-6(12)4-7(13)11-9/h4-5,8H,2-3H2,1H3,(H2,10,11,12,13). The molecule has 1 aliphatic carbocycles. The van der Waals surface area contributed by atoms with Crippen LogP contribution in [0.4, 0.5) is 0 Å². The first-order chi connectivity index (χ1) is 6.70. The van der Waals surface area contributed by atoms with Crippen molar-refractivity contribution in [3.63, 3.8) is 0 Å². The van der Waals surface area contributed by atoms with Crippen molar-refractivity contribution in [1.82, 2.24) is 9.97 Å². The predicted molar refractivity (Wildman–Crippen MR) is 49.0 cm³/mol. The molecule has 1 saturated carbocycles. The second-order valence-electron chi connectivity index (χ2n) is 3.48. The zero-order chi connectivity index (χ0) is 10.1. The van der Waals surface area contributed by atoms with Gasteiger partial charge in [-0.05, 0) is 18.8 Å². The normalized spacial score (nSPS) is 18.1. The van der Waals surface area contributed by atoms with E-state index in [1.165, 1.54) is 0 Å². The number of aromatic amines is 1. The maximum atomic E-state index is 11.1. The molecule has 1 aliphatic rings. The van der Waals surface area contributed by atoms with Crippen molar-refractivity contribution in [2.75, 3.05) is 7.11 Å². The monoisotopic (exact) mass is 196 g/mol. The van der Waals surface area contributed by atoms with Crippen LogP contribution in [0.25, 0.3) is 0 Å². The third kappa shape index (κ3) is 1.77. The molecule has 0 radical (unpaired) electrons. The Labute approximate surface area is 80.8 Å². The summed E-state index contributed by atoms with van der Waals surface area (Å²) in [5, 5.41) is 9.15. The predicted octanol–water partition coefficient (Wildman–Crippen LogP) is 0.573. The number of aromatic nitrogens is 2. The number of methoxy groups -OCH3 is 1. The Balaban J connectivity index is 2.33. The fourth-order valence-electron chi connectivity index (χ4n) is 1.52. The molecule has 1 fully saturated rings. The molecule has 1 aromatic heterocycles. The third-order valence-corrected chi connectivity index (χ3v) is 2.32. The molecule has 0 bridgehead atoms. The topological polar surface area (TPSA) is 75.2 Å². The minimum Gasteiger partial charge on any atom is -0.493 e. The highest BCUT2D eigenvalue weighted by Gasteiger charge is 2.34. The van der Waals surface area contributed by atoms with E-state index in [2.05, 4.69) is 9.97 Å². The molecule has 5 heteroatoms. The largest absolute Gasteiger partial charge is 0.493 e. The lowest BCUT2D eigenvalue weighted by Gasteiger charge is -2.12. The van der Waals surface area contributed by atoms with Crippen LogP contribution in [0.5, 0.6) is 5.88 Å². The molecule has 1 heterocycles. The van der Waals surface area contributed by atoms with Gasteiger partial charge in [-0.2, -0.15) is 4.98 Å². The van der Waals surface area contributed by atoms with Gasteiger partial charge in [0, 0.05) is 7.11 Å². The Bertz CT molecular complexity index is 384. The smallest absolute Gasteiger partial charge is 0.254 e. The Morgan fingerprint density at radius 1 is 1.71 bits per heavy atom. The molecule has 1 unspecified atom stereocenters. The van der Waals surface area contributed by atoms with Crippen molar-refractivity contribution < 1.29 is 9.84 Å². The van der Waals surface area contributed by atoms with Crippen molar-refractivity contribution in [1.29, 1.82) is 0 Å². The second kappa shape index (κ2) is 3.42. The molecule has 5 nitrogen and oxygen atoms in total. The number of H-pyrrole nitrogens is 1. The van der Waals surface area contributed by atoms with Gasteiger partial charge in [0.15, 0.2) is 0 Å².